The minimum Gasteiger partial charge on any atom is -0.497 e. The molecule has 7 heteroatoms. The summed E-state index contributed by atoms with van der Waals surface area (Å²) in [5.74, 6) is 0.913. The second-order valence-corrected chi connectivity index (χ2v) is 9.73. The topological polar surface area (TPSA) is 85.3 Å². The molecule has 33 heavy (non-hydrogen) atoms. The molecule has 2 fully saturated rings. The average molecular weight is 452 g/mol. The Balaban J connectivity index is 1.34. The molecule has 7 nitrogen and oxygen atoms in total. The molecule has 3 aliphatic heterocycles. The maximum absolute atomic E-state index is 13.1. The monoisotopic (exact) mass is 451 g/mol. The molecule has 2 aromatic rings. The van der Waals surface area contributed by atoms with Crippen LogP contribution in [0.4, 0.5) is 0 Å². The maximum atomic E-state index is 13.1. The number of carbonyl (C=O) groups excluding carboxylic acids is 1. The van der Waals surface area contributed by atoms with E-state index in [1.54, 1.807) is 19.2 Å². The van der Waals surface area contributed by atoms with Crippen LogP contribution in [0.3, 0.4) is 0 Å². The summed E-state index contributed by atoms with van der Waals surface area (Å²) in [6, 6.07) is 12.1. The van der Waals surface area contributed by atoms with E-state index in [0.29, 0.717) is 18.7 Å². The molecule has 1 amide bonds. The first kappa shape index (κ1) is 21.8. The van der Waals surface area contributed by atoms with E-state index in [-0.39, 0.29) is 35.5 Å². The van der Waals surface area contributed by atoms with Gasteiger partial charge in [-0.2, -0.15) is 0 Å². The van der Waals surface area contributed by atoms with Crippen molar-refractivity contribution in [3.05, 3.63) is 59.2 Å². The van der Waals surface area contributed by atoms with Gasteiger partial charge in [0.2, 0.25) is 0 Å². The van der Waals surface area contributed by atoms with Crippen molar-refractivity contribution < 1.29 is 28.9 Å². The summed E-state index contributed by atoms with van der Waals surface area (Å²) in [6.45, 7) is 5.45. The normalized spacial score (nSPS) is 27.4. The molecule has 0 bridgehead atoms. The Kier molecular flexibility index (Phi) is 5.32. The minimum atomic E-state index is -0.999. The standard InChI is InChI=1S/C26H29NO6/c1-26(2)20-12-17-14-27(24(28)15-4-6-16(7-5-15)25(29)30)11-10-21(17)32-23(20)19-9-8-18(31-3)13-22(19)33-26/h4-9,13,17,20-21,23H,10-12,14H2,1-3H3,(H,29,30)/t17-,20+,21+,23-/m1/s1. The molecule has 3 heterocycles. The molecule has 2 saturated heterocycles. The predicted octanol–water partition coefficient (Wildman–Crippen LogP) is 4.17. The molecule has 5 rings (SSSR count). The van der Waals surface area contributed by atoms with E-state index in [1.165, 1.54) is 12.1 Å². The molecule has 0 unspecified atom stereocenters. The zero-order chi connectivity index (χ0) is 23.3. The number of piperidine rings is 1. The highest BCUT2D eigenvalue weighted by molar-refractivity contribution is 5.96. The number of carboxylic acid groups (broad SMARTS) is 1. The molecule has 1 N–H and O–H groups in total. The van der Waals surface area contributed by atoms with Gasteiger partial charge in [-0.25, -0.2) is 4.79 Å². The Morgan fingerprint density at radius 1 is 1.12 bits per heavy atom. The van der Waals surface area contributed by atoms with E-state index in [0.717, 1.165) is 29.9 Å². The van der Waals surface area contributed by atoms with Crippen molar-refractivity contribution in [3.8, 4) is 11.5 Å². The van der Waals surface area contributed by atoms with Crippen LogP contribution in [-0.2, 0) is 4.74 Å². The van der Waals surface area contributed by atoms with Crippen LogP contribution in [-0.4, -0.2) is 53.8 Å². The van der Waals surface area contributed by atoms with Crippen LogP contribution >= 0.6 is 0 Å². The lowest BCUT2D eigenvalue weighted by molar-refractivity contribution is -0.184. The van der Waals surface area contributed by atoms with Crippen LogP contribution in [0.1, 0.15) is 59.1 Å². The number of nitrogens with zero attached hydrogens (tertiary/aromatic N) is 1. The van der Waals surface area contributed by atoms with Gasteiger partial charge in [0.15, 0.2) is 0 Å². The molecule has 0 radical (unpaired) electrons. The van der Waals surface area contributed by atoms with Crippen molar-refractivity contribution in [2.24, 2.45) is 11.8 Å². The fourth-order valence-corrected chi connectivity index (χ4v) is 5.53. The molecule has 4 atom stereocenters. The van der Waals surface area contributed by atoms with Crippen LogP contribution in [0.2, 0.25) is 0 Å². The lowest BCUT2D eigenvalue weighted by Gasteiger charge is -2.53. The van der Waals surface area contributed by atoms with Crippen molar-refractivity contribution in [3.63, 3.8) is 0 Å². The minimum absolute atomic E-state index is 0.0401. The van der Waals surface area contributed by atoms with Gasteiger partial charge in [0.1, 0.15) is 17.1 Å². The number of carbonyl (C=O) groups is 2. The smallest absolute Gasteiger partial charge is 0.335 e. The Morgan fingerprint density at radius 2 is 1.85 bits per heavy atom. The van der Waals surface area contributed by atoms with Crippen LogP contribution in [0.15, 0.2) is 42.5 Å². The highest BCUT2D eigenvalue weighted by atomic mass is 16.5. The first-order chi connectivity index (χ1) is 15.8. The quantitative estimate of drug-likeness (QED) is 0.754. The van der Waals surface area contributed by atoms with Gasteiger partial charge in [-0.05, 0) is 63.1 Å². The van der Waals surface area contributed by atoms with Gasteiger partial charge in [-0.1, -0.05) is 0 Å². The van der Waals surface area contributed by atoms with E-state index in [1.807, 2.05) is 23.1 Å². The summed E-state index contributed by atoms with van der Waals surface area (Å²) >= 11 is 0. The van der Waals surface area contributed by atoms with Crippen LogP contribution in [0, 0.1) is 11.8 Å². The van der Waals surface area contributed by atoms with Gasteiger partial charge in [0.05, 0.1) is 24.9 Å². The zero-order valence-electron chi connectivity index (χ0n) is 19.1. The lowest BCUT2D eigenvalue weighted by Crippen LogP contribution is -2.56. The number of aromatic carboxylic acids is 1. The van der Waals surface area contributed by atoms with Crippen LogP contribution < -0.4 is 9.47 Å². The van der Waals surface area contributed by atoms with Crippen molar-refractivity contribution in [1.82, 2.24) is 4.90 Å². The SMILES string of the molecule is COc1ccc2c(c1)OC(C)(C)[C@H]1C[C@@H]3CN(C(=O)c4ccc(C(=O)O)cc4)CC[C@@H]3O[C@H]21. The number of rotatable bonds is 3. The molecule has 0 spiro atoms. The van der Waals surface area contributed by atoms with E-state index in [9.17, 15) is 9.59 Å². The number of fused-ring (bicyclic) bond motifs is 4. The third-order valence-electron chi connectivity index (χ3n) is 7.37. The van der Waals surface area contributed by atoms with Crippen molar-refractivity contribution in [2.75, 3.05) is 20.2 Å². The Labute approximate surface area is 193 Å². The third kappa shape index (κ3) is 3.84. The predicted molar refractivity (Wildman–Crippen MR) is 121 cm³/mol. The fraction of sp³-hybridized carbons (Fsp3) is 0.462. The first-order valence-electron chi connectivity index (χ1n) is 11.4. The molecule has 2 aromatic carbocycles. The van der Waals surface area contributed by atoms with Gasteiger partial charge in [0, 0.05) is 42.1 Å². The molecule has 3 aliphatic rings. The van der Waals surface area contributed by atoms with Crippen molar-refractivity contribution in [1.29, 1.82) is 0 Å². The molecular weight excluding hydrogens is 422 g/mol. The highest BCUT2D eigenvalue weighted by Gasteiger charge is 2.51. The lowest BCUT2D eigenvalue weighted by atomic mass is 9.70. The van der Waals surface area contributed by atoms with Gasteiger partial charge in [-0.15, -0.1) is 0 Å². The van der Waals surface area contributed by atoms with E-state index in [2.05, 4.69) is 13.8 Å². The van der Waals surface area contributed by atoms with E-state index in [4.69, 9.17) is 19.3 Å². The molecule has 0 aromatic heterocycles. The van der Waals surface area contributed by atoms with Gasteiger partial charge in [-0.3, -0.25) is 4.79 Å². The van der Waals surface area contributed by atoms with Gasteiger partial charge < -0.3 is 24.2 Å². The number of hydrogen-bond donors (Lipinski definition) is 1. The number of amides is 1. The van der Waals surface area contributed by atoms with Crippen LogP contribution in [0.25, 0.3) is 0 Å². The van der Waals surface area contributed by atoms with Crippen molar-refractivity contribution in [2.45, 2.75) is 44.5 Å². The van der Waals surface area contributed by atoms with Crippen LogP contribution in [0.5, 0.6) is 11.5 Å². The second-order valence-electron chi connectivity index (χ2n) is 9.73. The molecule has 0 aliphatic carbocycles. The summed E-state index contributed by atoms with van der Waals surface area (Å²) in [6.07, 6.45) is 1.74. The first-order valence-corrected chi connectivity index (χ1v) is 11.4. The maximum Gasteiger partial charge on any atom is 0.335 e. The summed E-state index contributed by atoms with van der Waals surface area (Å²) in [5, 5.41) is 9.09. The average Bonchev–Trinajstić information content (AvgIpc) is 2.81. The largest absolute Gasteiger partial charge is 0.497 e. The summed E-state index contributed by atoms with van der Waals surface area (Å²) in [5.41, 5.74) is 1.34. The number of ether oxygens (including phenoxy) is 3. The van der Waals surface area contributed by atoms with Crippen molar-refractivity contribution >= 4 is 11.9 Å². The number of likely N-dealkylation sites (tertiary alicyclic amines) is 1. The summed E-state index contributed by atoms with van der Waals surface area (Å²) in [7, 11) is 1.65. The highest BCUT2D eigenvalue weighted by Crippen LogP contribution is 2.53. The van der Waals surface area contributed by atoms with Gasteiger partial charge in [0.25, 0.3) is 5.91 Å². The molecule has 0 saturated carbocycles. The number of methoxy groups -OCH3 is 1. The Bertz CT molecular complexity index is 1080. The van der Waals surface area contributed by atoms with E-state index >= 15 is 0 Å². The number of benzene rings is 2. The summed E-state index contributed by atoms with van der Waals surface area (Å²) in [4.78, 5) is 26.1. The zero-order valence-corrected chi connectivity index (χ0v) is 19.1. The Hall–Kier alpha value is -3.06. The number of carboxylic acids is 1. The van der Waals surface area contributed by atoms with E-state index < -0.39 is 11.6 Å². The summed E-state index contributed by atoms with van der Waals surface area (Å²) < 4.78 is 18.5. The molecular formula is C26H29NO6. The fourth-order valence-electron chi connectivity index (χ4n) is 5.53. The third-order valence-corrected chi connectivity index (χ3v) is 7.37. The molecule has 174 valence electrons. The second kappa shape index (κ2) is 8.06. The number of hydrogen-bond acceptors (Lipinski definition) is 5. The Morgan fingerprint density at radius 3 is 2.55 bits per heavy atom. The van der Waals surface area contributed by atoms with Gasteiger partial charge >= 0.3 is 5.97 Å².